The molecule has 1 amide bonds. The fourth-order valence-electron chi connectivity index (χ4n) is 2.59. The van der Waals surface area contributed by atoms with Crippen molar-refractivity contribution in [1.29, 1.82) is 0 Å². The van der Waals surface area contributed by atoms with Gasteiger partial charge in [0.25, 0.3) is 5.91 Å². The van der Waals surface area contributed by atoms with Crippen LogP contribution in [0, 0.1) is 0 Å². The Labute approximate surface area is 149 Å². The van der Waals surface area contributed by atoms with E-state index in [9.17, 15) is 18.0 Å². The summed E-state index contributed by atoms with van der Waals surface area (Å²) in [5.74, 6) is 0.403. The Hall–Kier alpha value is -2.61. The highest BCUT2D eigenvalue weighted by Crippen LogP contribution is 2.30. The number of hydrogen-bond acceptors (Lipinski definition) is 4. The number of likely N-dealkylation sites (N-methyl/N-ethyl adjacent to an activating group) is 1. The van der Waals surface area contributed by atoms with E-state index >= 15 is 0 Å². The standard InChI is InChI=1S/C18H18F3N3O2/c1-23-8-10-24(11-9-23)17(25)13-2-5-15(6-3-13)26-16-7-4-14(12-22-16)18(19,20)21/h2-7,12H,8-11H2,1H3. The fourth-order valence-corrected chi connectivity index (χ4v) is 2.59. The van der Waals surface area contributed by atoms with Gasteiger partial charge in [-0.3, -0.25) is 4.79 Å². The topological polar surface area (TPSA) is 45.7 Å². The Morgan fingerprint density at radius 1 is 1.04 bits per heavy atom. The lowest BCUT2D eigenvalue weighted by molar-refractivity contribution is -0.137. The Morgan fingerprint density at radius 2 is 1.69 bits per heavy atom. The summed E-state index contributed by atoms with van der Waals surface area (Å²) in [7, 11) is 2.02. The zero-order chi connectivity index (χ0) is 18.7. The predicted octanol–water partition coefficient (Wildman–Crippen LogP) is 3.28. The molecular formula is C18H18F3N3O2. The molecule has 1 aliphatic heterocycles. The third-order valence-corrected chi connectivity index (χ3v) is 4.18. The number of ether oxygens (including phenoxy) is 1. The molecule has 0 unspecified atom stereocenters. The molecule has 1 aromatic heterocycles. The van der Waals surface area contributed by atoms with Crippen LogP contribution in [0.25, 0.3) is 0 Å². The van der Waals surface area contributed by atoms with Gasteiger partial charge in [-0.15, -0.1) is 0 Å². The predicted molar refractivity (Wildman–Crippen MR) is 89.2 cm³/mol. The summed E-state index contributed by atoms with van der Waals surface area (Å²) in [4.78, 5) is 20.1. The van der Waals surface area contributed by atoms with Crippen LogP contribution in [-0.4, -0.2) is 53.9 Å². The van der Waals surface area contributed by atoms with Gasteiger partial charge in [-0.05, 0) is 37.4 Å². The fraction of sp³-hybridized carbons (Fsp3) is 0.333. The number of amides is 1. The van der Waals surface area contributed by atoms with E-state index in [0.29, 0.717) is 24.4 Å². The Kier molecular flexibility index (Phi) is 5.13. The number of carbonyl (C=O) groups excluding carboxylic acids is 1. The molecule has 0 radical (unpaired) electrons. The van der Waals surface area contributed by atoms with E-state index in [2.05, 4.69) is 9.88 Å². The van der Waals surface area contributed by atoms with Gasteiger partial charge in [0, 0.05) is 44.0 Å². The third-order valence-electron chi connectivity index (χ3n) is 4.18. The second-order valence-electron chi connectivity index (χ2n) is 6.10. The highest BCUT2D eigenvalue weighted by molar-refractivity contribution is 5.94. The van der Waals surface area contributed by atoms with Crippen LogP contribution >= 0.6 is 0 Å². The summed E-state index contributed by atoms with van der Waals surface area (Å²) < 4.78 is 43.0. The first-order chi connectivity index (χ1) is 12.3. The van der Waals surface area contributed by atoms with Gasteiger partial charge >= 0.3 is 6.18 Å². The SMILES string of the molecule is CN1CCN(C(=O)c2ccc(Oc3ccc(C(F)(F)F)cn3)cc2)CC1. The number of alkyl halides is 3. The summed E-state index contributed by atoms with van der Waals surface area (Å²) in [6.07, 6.45) is -3.71. The van der Waals surface area contributed by atoms with Crippen LogP contribution in [0.2, 0.25) is 0 Å². The lowest BCUT2D eigenvalue weighted by Crippen LogP contribution is -2.47. The molecule has 3 rings (SSSR count). The minimum Gasteiger partial charge on any atom is -0.439 e. The number of benzene rings is 1. The normalized spacial score (nSPS) is 15.8. The number of piperazine rings is 1. The van der Waals surface area contributed by atoms with Gasteiger partial charge in [-0.2, -0.15) is 13.2 Å². The van der Waals surface area contributed by atoms with Crippen LogP contribution in [0.4, 0.5) is 13.2 Å². The maximum Gasteiger partial charge on any atom is 0.417 e. The van der Waals surface area contributed by atoms with E-state index in [-0.39, 0.29) is 11.8 Å². The van der Waals surface area contributed by atoms with Crippen molar-refractivity contribution in [3.8, 4) is 11.6 Å². The van der Waals surface area contributed by atoms with E-state index in [4.69, 9.17) is 4.74 Å². The first kappa shape index (κ1) is 18.2. The van der Waals surface area contributed by atoms with Gasteiger partial charge in [-0.25, -0.2) is 4.98 Å². The van der Waals surface area contributed by atoms with Gasteiger partial charge in [0.05, 0.1) is 5.56 Å². The van der Waals surface area contributed by atoms with E-state index in [1.54, 1.807) is 29.2 Å². The molecule has 0 N–H and O–H groups in total. The second kappa shape index (κ2) is 7.33. The smallest absolute Gasteiger partial charge is 0.417 e. The minimum absolute atomic E-state index is 0.0442. The first-order valence-corrected chi connectivity index (χ1v) is 8.12. The molecule has 0 spiro atoms. The molecule has 0 aliphatic carbocycles. The van der Waals surface area contributed by atoms with E-state index in [1.165, 1.54) is 0 Å². The van der Waals surface area contributed by atoms with Crippen molar-refractivity contribution < 1.29 is 22.7 Å². The van der Waals surface area contributed by atoms with Gasteiger partial charge in [0.15, 0.2) is 0 Å². The summed E-state index contributed by atoms with van der Waals surface area (Å²) >= 11 is 0. The van der Waals surface area contributed by atoms with Gasteiger partial charge in [0.1, 0.15) is 5.75 Å². The maximum atomic E-state index is 12.5. The number of nitrogens with zero attached hydrogens (tertiary/aromatic N) is 3. The number of aromatic nitrogens is 1. The van der Waals surface area contributed by atoms with Gasteiger partial charge < -0.3 is 14.5 Å². The van der Waals surface area contributed by atoms with Crippen LogP contribution in [0.1, 0.15) is 15.9 Å². The number of carbonyl (C=O) groups is 1. The molecule has 1 fully saturated rings. The average Bonchev–Trinajstić information content (AvgIpc) is 2.62. The molecule has 26 heavy (non-hydrogen) atoms. The van der Waals surface area contributed by atoms with Crippen LogP contribution in [0.3, 0.4) is 0 Å². The quantitative estimate of drug-likeness (QED) is 0.838. The van der Waals surface area contributed by atoms with Crippen molar-refractivity contribution in [1.82, 2.24) is 14.8 Å². The van der Waals surface area contributed by atoms with E-state index < -0.39 is 11.7 Å². The average molecular weight is 365 g/mol. The molecule has 0 atom stereocenters. The highest BCUT2D eigenvalue weighted by Gasteiger charge is 2.30. The van der Waals surface area contributed by atoms with Crippen molar-refractivity contribution in [3.63, 3.8) is 0 Å². The van der Waals surface area contributed by atoms with Gasteiger partial charge in [0.2, 0.25) is 5.88 Å². The number of pyridine rings is 1. The van der Waals surface area contributed by atoms with Gasteiger partial charge in [-0.1, -0.05) is 0 Å². The van der Waals surface area contributed by atoms with Crippen molar-refractivity contribution in [2.24, 2.45) is 0 Å². The van der Waals surface area contributed by atoms with Crippen molar-refractivity contribution in [2.75, 3.05) is 33.2 Å². The van der Waals surface area contributed by atoms with Crippen molar-refractivity contribution in [2.45, 2.75) is 6.18 Å². The Morgan fingerprint density at radius 3 is 2.23 bits per heavy atom. The van der Waals surface area contributed by atoms with Crippen LogP contribution in [0.15, 0.2) is 42.6 Å². The van der Waals surface area contributed by atoms with Crippen molar-refractivity contribution in [3.05, 3.63) is 53.7 Å². The molecule has 2 heterocycles. The maximum absolute atomic E-state index is 12.5. The number of rotatable bonds is 3. The van der Waals surface area contributed by atoms with E-state index in [1.807, 2.05) is 7.05 Å². The molecule has 1 saturated heterocycles. The Balaban J connectivity index is 1.63. The summed E-state index contributed by atoms with van der Waals surface area (Å²) in [6, 6.07) is 8.55. The molecule has 0 saturated carbocycles. The monoisotopic (exact) mass is 365 g/mol. The molecule has 1 aromatic carbocycles. The molecule has 1 aliphatic rings. The Bertz CT molecular complexity index is 753. The van der Waals surface area contributed by atoms with E-state index in [0.717, 1.165) is 31.4 Å². The molecule has 5 nitrogen and oxygen atoms in total. The minimum atomic E-state index is -4.43. The first-order valence-electron chi connectivity index (χ1n) is 8.12. The lowest BCUT2D eigenvalue weighted by Gasteiger charge is -2.32. The van der Waals surface area contributed by atoms with Crippen LogP contribution in [0.5, 0.6) is 11.6 Å². The zero-order valence-corrected chi connectivity index (χ0v) is 14.2. The summed E-state index contributed by atoms with van der Waals surface area (Å²) in [5.41, 5.74) is -0.291. The summed E-state index contributed by atoms with van der Waals surface area (Å²) in [6.45, 7) is 3.05. The number of halogens is 3. The van der Waals surface area contributed by atoms with Crippen LogP contribution < -0.4 is 4.74 Å². The van der Waals surface area contributed by atoms with Crippen molar-refractivity contribution >= 4 is 5.91 Å². The lowest BCUT2D eigenvalue weighted by atomic mass is 10.1. The summed E-state index contributed by atoms with van der Waals surface area (Å²) in [5, 5.41) is 0. The number of hydrogen-bond donors (Lipinski definition) is 0. The highest BCUT2D eigenvalue weighted by atomic mass is 19.4. The molecule has 2 aromatic rings. The molecular weight excluding hydrogens is 347 g/mol. The van der Waals surface area contributed by atoms with Crippen LogP contribution in [-0.2, 0) is 6.18 Å². The molecule has 0 bridgehead atoms. The second-order valence-corrected chi connectivity index (χ2v) is 6.10. The largest absolute Gasteiger partial charge is 0.439 e. The zero-order valence-electron chi connectivity index (χ0n) is 14.2. The third kappa shape index (κ3) is 4.32. The molecule has 8 heteroatoms. The molecule has 138 valence electrons.